The van der Waals surface area contributed by atoms with Crippen molar-refractivity contribution in [2.75, 3.05) is 31.5 Å². The molecule has 0 saturated heterocycles. The number of nitrogens with zero attached hydrogens (tertiary/aromatic N) is 1. The fourth-order valence-electron chi connectivity index (χ4n) is 2.71. The maximum Gasteiger partial charge on any atom is 0.0885 e. The third kappa shape index (κ3) is 11.5. The number of alkyl halides is 1. The van der Waals surface area contributed by atoms with Gasteiger partial charge < -0.3 is 28.5 Å². The van der Waals surface area contributed by atoms with Gasteiger partial charge in [0.25, 0.3) is 0 Å². The summed E-state index contributed by atoms with van der Waals surface area (Å²) in [5, 5.41) is 1.16. The predicted molar refractivity (Wildman–Crippen MR) is 87.5 cm³/mol. The Labute approximate surface area is 147 Å². The molecule has 1 nitrogen and oxygen atoms in total. The number of quaternary nitrogens is 1. The van der Waals surface area contributed by atoms with Crippen LogP contribution < -0.4 is 24.0 Å². The second kappa shape index (κ2) is 15.6. The minimum Gasteiger partial charge on any atom is -1.00 e. The molecule has 0 atom stereocenters. The predicted octanol–water partition coefficient (Wildman–Crippen LogP) is 2.38. The Morgan fingerprint density at radius 1 is 0.632 bits per heavy atom. The summed E-state index contributed by atoms with van der Waals surface area (Å²) in [6.45, 7) is 12.5. The lowest BCUT2D eigenvalue weighted by Crippen LogP contribution is -3.00. The molecule has 0 spiro atoms. The molecule has 0 heterocycles. The molecule has 0 radical (unpaired) electrons. The van der Waals surface area contributed by atoms with Gasteiger partial charge in [0, 0.05) is 0 Å². The zero-order chi connectivity index (χ0) is 13.7. The highest BCUT2D eigenvalue weighted by Crippen LogP contribution is 2.16. The van der Waals surface area contributed by atoms with Crippen molar-refractivity contribution in [3.63, 3.8) is 0 Å². The van der Waals surface area contributed by atoms with Crippen molar-refractivity contribution in [2.45, 2.75) is 72.1 Å². The lowest BCUT2D eigenvalue weighted by Gasteiger charge is -2.39. The van der Waals surface area contributed by atoms with Gasteiger partial charge in [-0.1, -0.05) is 62.4 Å². The smallest absolute Gasteiger partial charge is 0.0885 e. The number of rotatable bonds is 13. The Morgan fingerprint density at radius 3 is 1.53 bits per heavy atom. The van der Waals surface area contributed by atoms with Crippen molar-refractivity contribution in [3.8, 4) is 0 Å². The van der Waals surface area contributed by atoms with E-state index in [-0.39, 0.29) is 24.0 Å². The van der Waals surface area contributed by atoms with E-state index in [4.69, 9.17) is 0 Å². The molecule has 19 heavy (non-hydrogen) atoms. The van der Waals surface area contributed by atoms with Gasteiger partial charge in [-0.3, -0.25) is 0 Å². The molecule has 0 aromatic carbocycles. The van der Waals surface area contributed by atoms with Gasteiger partial charge in [0.1, 0.15) is 0 Å². The zero-order valence-electron chi connectivity index (χ0n) is 13.4. The summed E-state index contributed by atoms with van der Waals surface area (Å²) in [7, 11) is 0. The van der Waals surface area contributed by atoms with Gasteiger partial charge in [-0.25, -0.2) is 0 Å². The molecular formula is C16H35BrIN. The largest absolute Gasteiger partial charge is 1.00 e. The molecule has 0 aliphatic rings. The van der Waals surface area contributed by atoms with Crippen LogP contribution in [0.5, 0.6) is 0 Å². The van der Waals surface area contributed by atoms with Gasteiger partial charge in [-0.2, -0.15) is 0 Å². The molecule has 118 valence electrons. The van der Waals surface area contributed by atoms with Crippen LogP contribution in [0, 0.1) is 0 Å². The minimum atomic E-state index is 0. The van der Waals surface area contributed by atoms with Gasteiger partial charge >= 0.3 is 0 Å². The SMILES string of the molecule is CCCCCC[N+](CCBr)(CCCC)CCCC.[I-]. The molecular weight excluding hydrogens is 413 g/mol. The van der Waals surface area contributed by atoms with Gasteiger partial charge in [-0.05, 0) is 25.7 Å². The summed E-state index contributed by atoms with van der Waals surface area (Å²) >= 11 is 3.68. The topological polar surface area (TPSA) is 0 Å². The van der Waals surface area contributed by atoms with E-state index in [9.17, 15) is 0 Å². The summed E-state index contributed by atoms with van der Waals surface area (Å²) in [5.41, 5.74) is 0. The summed E-state index contributed by atoms with van der Waals surface area (Å²) < 4.78 is 1.37. The van der Waals surface area contributed by atoms with Crippen LogP contribution in [0.1, 0.15) is 72.1 Å². The molecule has 0 N–H and O–H groups in total. The zero-order valence-corrected chi connectivity index (χ0v) is 17.1. The fourth-order valence-corrected chi connectivity index (χ4v) is 3.46. The monoisotopic (exact) mass is 447 g/mol. The second-order valence-electron chi connectivity index (χ2n) is 5.69. The minimum absolute atomic E-state index is 0. The Bertz CT molecular complexity index is 168. The van der Waals surface area contributed by atoms with E-state index in [1.54, 1.807) is 0 Å². The van der Waals surface area contributed by atoms with E-state index in [1.165, 1.54) is 82.0 Å². The van der Waals surface area contributed by atoms with E-state index in [2.05, 4.69) is 36.7 Å². The van der Waals surface area contributed by atoms with E-state index < -0.39 is 0 Å². The van der Waals surface area contributed by atoms with Crippen LogP contribution in [0.2, 0.25) is 0 Å². The maximum absolute atomic E-state index is 3.68. The molecule has 0 aromatic rings. The molecule has 0 aliphatic heterocycles. The van der Waals surface area contributed by atoms with E-state index in [0.29, 0.717) is 0 Å². The molecule has 0 rings (SSSR count). The van der Waals surface area contributed by atoms with E-state index >= 15 is 0 Å². The standard InChI is InChI=1S/C16H35BrN.HI/c1-4-7-10-11-15-18(16-12-17,13-8-5-2)14-9-6-3;/h4-16H2,1-3H3;1H/q+1;/p-1. The normalized spacial score (nSPS) is 11.4. The van der Waals surface area contributed by atoms with Gasteiger partial charge in [0.15, 0.2) is 0 Å². The molecule has 0 aromatic heterocycles. The number of unbranched alkanes of at least 4 members (excludes halogenated alkanes) is 5. The van der Waals surface area contributed by atoms with Crippen LogP contribution in [-0.4, -0.2) is 36.0 Å². The Kier molecular flexibility index (Phi) is 18.4. The Hall–Kier alpha value is 1.17. The van der Waals surface area contributed by atoms with Gasteiger partial charge in [-0.15, -0.1) is 0 Å². The lowest BCUT2D eigenvalue weighted by atomic mass is 10.1. The number of hydrogen-bond donors (Lipinski definition) is 0. The van der Waals surface area contributed by atoms with Crippen LogP contribution in [0.3, 0.4) is 0 Å². The molecule has 0 bridgehead atoms. The van der Waals surface area contributed by atoms with Crippen LogP contribution in [0.4, 0.5) is 0 Å². The Morgan fingerprint density at radius 2 is 1.11 bits per heavy atom. The Balaban J connectivity index is 0. The fraction of sp³-hybridized carbons (Fsp3) is 1.00. The number of hydrogen-bond acceptors (Lipinski definition) is 0. The lowest BCUT2D eigenvalue weighted by molar-refractivity contribution is -0.926. The average molecular weight is 448 g/mol. The van der Waals surface area contributed by atoms with Gasteiger partial charge in [0.2, 0.25) is 0 Å². The molecule has 0 fully saturated rings. The molecule has 0 aliphatic carbocycles. The third-order valence-corrected chi connectivity index (χ3v) is 4.37. The quantitative estimate of drug-likeness (QED) is 0.176. The van der Waals surface area contributed by atoms with Crippen molar-refractivity contribution in [3.05, 3.63) is 0 Å². The summed E-state index contributed by atoms with van der Waals surface area (Å²) in [6, 6.07) is 0. The van der Waals surface area contributed by atoms with Crippen molar-refractivity contribution in [1.82, 2.24) is 0 Å². The highest BCUT2D eigenvalue weighted by Gasteiger charge is 2.24. The van der Waals surface area contributed by atoms with Crippen molar-refractivity contribution < 1.29 is 28.5 Å². The molecule has 0 unspecified atom stereocenters. The molecule has 3 heteroatoms. The van der Waals surface area contributed by atoms with E-state index in [1.807, 2.05) is 0 Å². The molecule has 0 saturated carbocycles. The first-order valence-electron chi connectivity index (χ1n) is 8.15. The first kappa shape index (κ1) is 22.5. The van der Waals surface area contributed by atoms with Crippen molar-refractivity contribution >= 4 is 15.9 Å². The molecule has 0 amide bonds. The average Bonchev–Trinajstić information content (AvgIpc) is 2.39. The van der Waals surface area contributed by atoms with Crippen LogP contribution in [0.25, 0.3) is 0 Å². The number of halogens is 2. The van der Waals surface area contributed by atoms with Crippen molar-refractivity contribution in [1.29, 1.82) is 0 Å². The highest BCUT2D eigenvalue weighted by molar-refractivity contribution is 9.09. The van der Waals surface area contributed by atoms with Crippen LogP contribution in [-0.2, 0) is 0 Å². The highest BCUT2D eigenvalue weighted by atomic mass is 127. The second-order valence-corrected chi connectivity index (χ2v) is 6.49. The van der Waals surface area contributed by atoms with Crippen molar-refractivity contribution in [2.24, 2.45) is 0 Å². The first-order valence-corrected chi connectivity index (χ1v) is 9.27. The van der Waals surface area contributed by atoms with Gasteiger partial charge in [0.05, 0.1) is 31.5 Å². The third-order valence-electron chi connectivity index (χ3n) is 4.02. The van der Waals surface area contributed by atoms with Crippen LogP contribution >= 0.6 is 15.9 Å². The summed E-state index contributed by atoms with van der Waals surface area (Å²) in [6.07, 6.45) is 11.1. The van der Waals surface area contributed by atoms with Crippen LogP contribution in [0.15, 0.2) is 0 Å². The maximum atomic E-state index is 3.68. The summed E-state index contributed by atoms with van der Waals surface area (Å²) in [5.74, 6) is 0. The summed E-state index contributed by atoms with van der Waals surface area (Å²) in [4.78, 5) is 0. The van der Waals surface area contributed by atoms with E-state index in [0.717, 1.165) is 5.33 Å². The first-order chi connectivity index (χ1) is 8.74.